The zero-order valence-corrected chi connectivity index (χ0v) is 33.3. The molecule has 1 aromatic heterocycles. The van der Waals surface area contributed by atoms with Gasteiger partial charge in [-0.05, 0) is 37.3 Å². The number of β-amino-alcohol motifs (C(OH)–C–C–N with tert-alkyl or cyclic N) is 1. The molecule has 0 spiro atoms. The number of thioether (sulfide) groups is 1. The Bertz CT molecular complexity index is 1990. The minimum atomic E-state index is -1.92. The van der Waals surface area contributed by atoms with Crippen molar-refractivity contribution in [1.29, 1.82) is 5.26 Å². The molecule has 59 heavy (non-hydrogen) atoms. The number of nitriles is 1. The van der Waals surface area contributed by atoms with Crippen molar-refractivity contribution in [3.63, 3.8) is 0 Å². The molecule has 0 radical (unpaired) electrons. The Balaban J connectivity index is 1.22. The molecule has 2 aromatic carbocycles. The minimum Gasteiger partial charge on any atom is -0.425 e. The molecule has 2 aliphatic rings. The Morgan fingerprint density at radius 1 is 1.03 bits per heavy atom. The minimum absolute atomic E-state index is 0.0258. The van der Waals surface area contributed by atoms with Gasteiger partial charge >= 0.3 is 12.1 Å². The molecule has 3 aromatic rings. The largest absolute Gasteiger partial charge is 0.512 e. The lowest BCUT2D eigenvalue weighted by atomic mass is 9.89. The van der Waals surface area contributed by atoms with E-state index in [1.54, 1.807) is 30.1 Å². The summed E-state index contributed by atoms with van der Waals surface area (Å²) in [6.45, 7) is 5.64. The third-order valence-electron chi connectivity index (χ3n) is 9.49. The van der Waals surface area contributed by atoms with Gasteiger partial charge in [-0.25, -0.2) is 27.6 Å². The van der Waals surface area contributed by atoms with Gasteiger partial charge in [0.25, 0.3) is 0 Å². The number of hydrogen-bond acceptors (Lipinski definition) is 14. The number of nitrogens with zero attached hydrogens (tertiary/aromatic N) is 6. The second kappa shape index (κ2) is 21.7. The van der Waals surface area contributed by atoms with Gasteiger partial charge in [0.05, 0.1) is 49.7 Å². The highest BCUT2D eigenvalue weighted by Gasteiger charge is 2.47. The van der Waals surface area contributed by atoms with Crippen molar-refractivity contribution in [2.24, 2.45) is 0 Å². The molecule has 1 unspecified atom stereocenters. The Labute approximate surface area is 343 Å². The molecule has 0 bridgehead atoms. The maximum absolute atomic E-state index is 15.8. The molecule has 19 heteroatoms. The Kier molecular flexibility index (Phi) is 16.5. The van der Waals surface area contributed by atoms with Crippen LogP contribution in [0.25, 0.3) is 6.08 Å². The third kappa shape index (κ3) is 12.9. The molecule has 3 atom stereocenters. The maximum Gasteiger partial charge on any atom is 0.512 e. The van der Waals surface area contributed by atoms with Gasteiger partial charge in [-0.3, -0.25) is 14.5 Å². The average molecular weight is 843 g/mol. The van der Waals surface area contributed by atoms with Crippen LogP contribution in [0.2, 0.25) is 0 Å². The zero-order valence-electron chi connectivity index (χ0n) is 32.5. The number of halogens is 3. The van der Waals surface area contributed by atoms with Gasteiger partial charge in [0.15, 0.2) is 11.9 Å². The molecule has 1 amide bonds. The molecular weight excluding hydrogens is 798 g/mol. The van der Waals surface area contributed by atoms with Crippen LogP contribution in [0.1, 0.15) is 43.4 Å². The third-order valence-corrected chi connectivity index (χ3v) is 10.9. The number of benzene rings is 2. The fourth-order valence-electron chi connectivity index (χ4n) is 6.43. The summed E-state index contributed by atoms with van der Waals surface area (Å²) in [5.74, 6) is -3.46. The summed E-state index contributed by atoms with van der Waals surface area (Å²) in [5.41, 5.74) is -1.62. The number of carbonyl (C=O) groups is 3. The highest BCUT2D eigenvalue weighted by molar-refractivity contribution is 8.00. The van der Waals surface area contributed by atoms with Crippen molar-refractivity contribution in [3.8, 4) is 6.07 Å². The lowest BCUT2D eigenvalue weighted by Crippen LogP contribution is -2.49. The van der Waals surface area contributed by atoms with Crippen LogP contribution in [0.4, 0.5) is 18.0 Å². The van der Waals surface area contributed by atoms with Crippen LogP contribution < -0.4 is 0 Å². The van der Waals surface area contributed by atoms with Crippen molar-refractivity contribution in [1.82, 2.24) is 24.6 Å². The first-order valence-electron chi connectivity index (χ1n) is 18.8. The number of hydrogen-bond donors (Lipinski definition) is 1. The number of aromatic nitrogens is 3. The number of allylic oxidation sites excluding steroid dienone is 2. The fraction of sp³-hybridized carbons (Fsp3) is 0.450. The number of aliphatic hydroxyl groups is 1. The summed E-state index contributed by atoms with van der Waals surface area (Å²) in [4.78, 5) is 46.5. The van der Waals surface area contributed by atoms with E-state index in [0.29, 0.717) is 44.4 Å². The molecule has 316 valence electrons. The van der Waals surface area contributed by atoms with Crippen molar-refractivity contribution >= 4 is 35.9 Å². The van der Waals surface area contributed by atoms with Crippen LogP contribution in [0.15, 0.2) is 67.3 Å². The summed E-state index contributed by atoms with van der Waals surface area (Å²) in [6.07, 6.45) is 4.99. The fourth-order valence-corrected chi connectivity index (χ4v) is 7.79. The molecule has 2 aliphatic heterocycles. The first kappa shape index (κ1) is 44.8. The van der Waals surface area contributed by atoms with Crippen LogP contribution in [0, 0.1) is 28.8 Å². The van der Waals surface area contributed by atoms with Crippen LogP contribution in [0.3, 0.4) is 0 Å². The van der Waals surface area contributed by atoms with E-state index in [9.17, 15) is 23.2 Å². The van der Waals surface area contributed by atoms with Crippen molar-refractivity contribution in [2.75, 3.05) is 52.5 Å². The maximum atomic E-state index is 15.8. The van der Waals surface area contributed by atoms with Gasteiger partial charge in [0, 0.05) is 68.5 Å². The average Bonchev–Trinajstić information content (AvgIpc) is 3.72. The van der Waals surface area contributed by atoms with Crippen LogP contribution >= 0.6 is 11.8 Å². The van der Waals surface area contributed by atoms with E-state index >= 15 is 4.39 Å². The van der Waals surface area contributed by atoms with E-state index in [1.165, 1.54) is 54.2 Å². The Morgan fingerprint density at radius 2 is 1.80 bits per heavy atom. The molecule has 15 nitrogen and oxygen atoms in total. The first-order valence-corrected chi connectivity index (χ1v) is 19.7. The van der Waals surface area contributed by atoms with E-state index in [1.807, 2.05) is 11.0 Å². The first-order chi connectivity index (χ1) is 28.4. The van der Waals surface area contributed by atoms with E-state index in [2.05, 4.69) is 10.1 Å². The molecule has 3 heterocycles. The van der Waals surface area contributed by atoms with Crippen LogP contribution in [-0.2, 0) is 45.4 Å². The summed E-state index contributed by atoms with van der Waals surface area (Å²) in [5, 5.41) is 21.0. The quantitative estimate of drug-likeness (QED) is 0.114. The number of aliphatic hydroxyl groups excluding tert-OH is 1. The van der Waals surface area contributed by atoms with Gasteiger partial charge in [-0.2, -0.15) is 10.4 Å². The van der Waals surface area contributed by atoms with Crippen molar-refractivity contribution in [3.05, 3.63) is 101 Å². The molecule has 2 fully saturated rings. The van der Waals surface area contributed by atoms with Gasteiger partial charge in [-0.1, -0.05) is 24.3 Å². The van der Waals surface area contributed by atoms with Gasteiger partial charge in [0.2, 0.25) is 12.2 Å². The predicted molar refractivity (Wildman–Crippen MR) is 206 cm³/mol. The van der Waals surface area contributed by atoms with Crippen molar-refractivity contribution < 1.29 is 56.3 Å². The van der Waals surface area contributed by atoms with E-state index in [4.69, 9.17) is 34.1 Å². The topological polar surface area (TPSA) is 179 Å². The number of rotatable bonds is 17. The lowest BCUT2D eigenvalue weighted by Gasteiger charge is -2.40. The molecular formula is C40H45F3N6O9S. The number of carbonyl (C=O) groups excluding carboxylic acids is 3. The normalized spacial score (nSPS) is 19.5. The van der Waals surface area contributed by atoms with E-state index in [-0.39, 0.29) is 61.5 Å². The Morgan fingerprint density at radius 3 is 2.46 bits per heavy atom. The second-order valence-electron chi connectivity index (χ2n) is 13.6. The van der Waals surface area contributed by atoms with Crippen LogP contribution in [-0.4, -0.2) is 123 Å². The molecule has 5 rings (SSSR count). The number of ether oxygens (including phenoxy) is 5. The molecule has 2 saturated heterocycles. The summed E-state index contributed by atoms with van der Waals surface area (Å²) < 4.78 is 73.8. The molecule has 1 N–H and O–H groups in total. The standard InChI is InChI=1S/C40H45F3N6O9S/c1-27(59-32-22-54-38(55-23-32)6-4-3-5-30-8-7-29(21-44)19-34(30)42)40(24-49-26-45-25-46-49,33-10-9-31(41)20-35(33)43)58-39(53)57-28(2)56-37(52)12-11-36(51)48-15-13-47(14-16-48)17-18-50/h3-10,19-20,25-28,32,38,50H,11-18,22-24H2,1-2H3/b5-3+,6-4+/t27-,28?,32?,38?,40-/m1/s1. The SMILES string of the molecule is CC(OC(=O)CCC(=O)N1CCN(CCO)CC1)OC(=O)O[C@@](Cn1cncn1)(c1ccc(F)cc1F)[C@@H](C)SC1COC(/C=C/C=C/c2ccc(C#N)cc2F)OC1. The summed E-state index contributed by atoms with van der Waals surface area (Å²) >= 11 is 1.24. The second-order valence-corrected chi connectivity index (χ2v) is 15.3. The molecule has 0 saturated carbocycles. The highest BCUT2D eigenvalue weighted by atomic mass is 32.2. The molecule has 0 aliphatic carbocycles. The van der Waals surface area contributed by atoms with Crippen molar-refractivity contribution in [2.45, 2.75) is 61.9 Å². The number of esters is 1. The lowest BCUT2D eigenvalue weighted by molar-refractivity contribution is -0.172. The highest BCUT2D eigenvalue weighted by Crippen LogP contribution is 2.42. The monoisotopic (exact) mass is 842 g/mol. The summed E-state index contributed by atoms with van der Waals surface area (Å²) in [7, 11) is 0. The summed E-state index contributed by atoms with van der Waals surface area (Å²) in [6, 6.07) is 8.87. The van der Waals surface area contributed by atoms with Gasteiger partial charge < -0.3 is 33.7 Å². The smallest absolute Gasteiger partial charge is 0.425 e. The van der Waals surface area contributed by atoms with Gasteiger partial charge in [-0.15, -0.1) is 11.8 Å². The van der Waals surface area contributed by atoms with E-state index in [0.717, 1.165) is 18.2 Å². The predicted octanol–water partition coefficient (Wildman–Crippen LogP) is 4.55. The van der Waals surface area contributed by atoms with E-state index < -0.39 is 53.0 Å². The van der Waals surface area contributed by atoms with Gasteiger partial charge in [0.1, 0.15) is 30.1 Å². The number of piperazine rings is 1. The zero-order chi connectivity index (χ0) is 42.4. The van der Waals surface area contributed by atoms with Crippen LogP contribution in [0.5, 0.6) is 0 Å². The Hall–Kier alpha value is -5.26. The number of amides is 1.